The van der Waals surface area contributed by atoms with Crippen LogP contribution in [0.4, 0.5) is 0 Å². The predicted molar refractivity (Wildman–Crippen MR) is 103 cm³/mol. The van der Waals surface area contributed by atoms with Crippen molar-refractivity contribution in [2.45, 2.75) is 6.54 Å². The summed E-state index contributed by atoms with van der Waals surface area (Å²) >= 11 is 0. The molecule has 0 spiro atoms. The molecule has 3 heterocycles. The molecule has 2 N–H and O–H groups in total. The summed E-state index contributed by atoms with van der Waals surface area (Å²) in [4.78, 5) is 22.1. The summed E-state index contributed by atoms with van der Waals surface area (Å²) in [5, 5.41) is 7.94. The molecule has 6 nitrogen and oxygen atoms in total. The van der Waals surface area contributed by atoms with Crippen LogP contribution in [0.15, 0.2) is 59.7 Å². The molecular weight excluding hydrogens is 326 g/mol. The fourth-order valence-electron chi connectivity index (χ4n) is 3.17. The zero-order valence-corrected chi connectivity index (χ0v) is 14.7. The first-order valence-corrected chi connectivity index (χ1v) is 8.38. The van der Waals surface area contributed by atoms with Gasteiger partial charge in [-0.2, -0.15) is 5.10 Å². The summed E-state index contributed by atoms with van der Waals surface area (Å²) in [6.45, 7) is 0.728. The lowest BCUT2D eigenvalue weighted by molar-refractivity contribution is 0.404. The lowest BCUT2D eigenvalue weighted by Crippen LogP contribution is -2.15. The number of fused-ring (bicyclic) bond motifs is 1. The summed E-state index contributed by atoms with van der Waals surface area (Å²) in [6, 6.07) is 13.7. The third-order valence-corrected chi connectivity index (χ3v) is 4.34. The van der Waals surface area contributed by atoms with E-state index >= 15 is 0 Å². The van der Waals surface area contributed by atoms with Crippen LogP contribution in [0, 0.1) is 0 Å². The number of H-pyrrole nitrogens is 2. The van der Waals surface area contributed by atoms with Crippen molar-refractivity contribution in [3.63, 3.8) is 0 Å². The van der Waals surface area contributed by atoms with E-state index in [2.05, 4.69) is 31.1 Å². The third-order valence-electron chi connectivity index (χ3n) is 4.34. The molecular formula is C20H19N5O. The second-order valence-electron chi connectivity index (χ2n) is 6.49. The second kappa shape index (κ2) is 6.57. The maximum absolute atomic E-state index is 12.6. The number of benzene rings is 1. The van der Waals surface area contributed by atoms with Gasteiger partial charge in [0, 0.05) is 35.4 Å². The van der Waals surface area contributed by atoms with Gasteiger partial charge < -0.3 is 9.88 Å². The minimum Gasteiger partial charge on any atom is -0.354 e. The van der Waals surface area contributed by atoms with Gasteiger partial charge in [0.2, 0.25) is 0 Å². The van der Waals surface area contributed by atoms with Gasteiger partial charge >= 0.3 is 0 Å². The molecule has 0 unspecified atom stereocenters. The van der Waals surface area contributed by atoms with Gasteiger partial charge in [-0.15, -0.1) is 0 Å². The Morgan fingerprint density at radius 2 is 1.85 bits per heavy atom. The summed E-state index contributed by atoms with van der Waals surface area (Å²) in [6.07, 6.45) is 3.42. The molecule has 4 rings (SSSR count). The van der Waals surface area contributed by atoms with Gasteiger partial charge in [-0.1, -0.05) is 18.2 Å². The standard InChI is InChI=1S/C20H19N5O/c1-25(2)12-16-14-5-3-4-6-17(14)22-19(16)15-11-18(23-24-20(15)26)13-7-9-21-10-8-13/h3-11,22H,12H2,1-2H3,(H,24,26). The minimum absolute atomic E-state index is 0.214. The summed E-state index contributed by atoms with van der Waals surface area (Å²) < 4.78 is 0. The van der Waals surface area contributed by atoms with E-state index in [4.69, 9.17) is 0 Å². The molecule has 130 valence electrons. The fraction of sp³-hybridized carbons (Fsp3) is 0.150. The van der Waals surface area contributed by atoms with Crippen molar-refractivity contribution < 1.29 is 0 Å². The highest BCUT2D eigenvalue weighted by atomic mass is 16.1. The quantitative estimate of drug-likeness (QED) is 0.596. The Bertz CT molecular complexity index is 1110. The molecule has 0 amide bonds. The molecule has 6 heteroatoms. The molecule has 0 aliphatic heterocycles. The number of rotatable bonds is 4. The van der Waals surface area contributed by atoms with Crippen LogP contribution in [0.25, 0.3) is 33.4 Å². The minimum atomic E-state index is -0.214. The molecule has 3 aromatic heterocycles. The number of nitrogens with one attached hydrogen (secondary N) is 2. The number of para-hydroxylation sites is 1. The number of pyridine rings is 1. The van der Waals surface area contributed by atoms with Crippen LogP contribution in [-0.2, 0) is 6.54 Å². The van der Waals surface area contributed by atoms with Crippen molar-refractivity contribution in [1.82, 2.24) is 25.1 Å². The van der Waals surface area contributed by atoms with Crippen molar-refractivity contribution in [2.24, 2.45) is 0 Å². The van der Waals surface area contributed by atoms with Crippen LogP contribution in [0.2, 0.25) is 0 Å². The van der Waals surface area contributed by atoms with E-state index in [0.717, 1.165) is 34.3 Å². The molecule has 0 radical (unpaired) electrons. The second-order valence-corrected chi connectivity index (χ2v) is 6.49. The number of hydrogen-bond acceptors (Lipinski definition) is 4. The first-order chi connectivity index (χ1) is 12.6. The van der Waals surface area contributed by atoms with Gasteiger partial charge in [-0.25, -0.2) is 5.10 Å². The van der Waals surface area contributed by atoms with E-state index in [-0.39, 0.29) is 5.56 Å². The maximum atomic E-state index is 12.6. The SMILES string of the molecule is CN(C)Cc1c(-c2cc(-c3ccncc3)n[nH]c2=O)[nH]c2ccccc12. The molecule has 0 fully saturated rings. The Hall–Kier alpha value is -3.25. The van der Waals surface area contributed by atoms with Crippen molar-refractivity contribution in [1.29, 1.82) is 0 Å². The Morgan fingerprint density at radius 1 is 1.08 bits per heavy atom. The van der Waals surface area contributed by atoms with Crippen LogP contribution >= 0.6 is 0 Å². The van der Waals surface area contributed by atoms with E-state index in [1.165, 1.54) is 0 Å². The number of aromatic nitrogens is 4. The van der Waals surface area contributed by atoms with Crippen LogP contribution in [0.3, 0.4) is 0 Å². The highest BCUT2D eigenvalue weighted by Gasteiger charge is 2.17. The molecule has 0 aliphatic carbocycles. The van der Waals surface area contributed by atoms with E-state index in [1.807, 2.05) is 50.5 Å². The van der Waals surface area contributed by atoms with Gasteiger partial charge in [-0.3, -0.25) is 9.78 Å². The lowest BCUT2D eigenvalue weighted by Gasteiger charge is -2.11. The van der Waals surface area contributed by atoms with E-state index in [1.54, 1.807) is 12.4 Å². The number of aromatic amines is 2. The van der Waals surface area contributed by atoms with E-state index in [0.29, 0.717) is 11.3 Å². The van der Waals surface area contributed by atoms with Crippen LogP contribution in [0.1, 0.15) is 5.56 Å². The summed E-state index contributed by atoms with van der Waals surface area (Å²) in [5.41, 5.74) is 4.93. The maximum Gasteiger partial charge on any atom is 0.273 e. The van der Waals surface area contributed by atoms with Crippen molar-refractivity contribution in [3.05, 3.63) is 70.8 Å². The first kappa shape index (κ1) is 16.2. The average molecular weight is 345 g/mol. The molecule has 0 atom stereocenters. The van der Waals surface area contributed by atoms with Gasteiger partial charge in [0.05, 0.1) is 17.0 Å². The molecule has 26 heavy (non-hydrogen) atoms. The van der Waals surface area contributed by atoms with Crippen molar-refractivity contribution in [3.8, 4) is 22.5 Å². The summed E-state index contributed by atoms with van der Waals surface area (Å²) in [5.74, 6) is 0. The zero-order chi connectivity index (χ0) is 18.1. The van der Waals surface area contributed by atoms with Crippen LogP contribution < -0.4 is 5.56 Å². The highest BCUT2D eigenvalue weighted by Crippen LogP contribution is 2.30. The third kappa shape index (κ3) is 2.91. The summed E-state index contributed by atoms with van der Waals surface area (Å²) in [7, 11) is 4.04. The smallest absolute Gasteiger partial charge is 0.273 e. The molecule has 0 saturated carbocycles. The molecule has 4 aromatic rings. The predicted octanol–water partition coefficient (Wildman–Crippen LogP) is 3.04. The highest BCUT2D eigenvalue weighted by molar-refractivity contribution is 5.91. The average Bonchev–Trinajstić information content (AvgIpc) is 3.01. The number of hydrogen-bond donors (Lipinski definition) is 2. The van der Waals surface area contributed by atoms with Crippen molar-refractivity contribution in [2.75, 3.05) is 14.1 Å². The Labute approximate surface area is 150 Å². The van der Waals surface area contributed by atoms with E-state index in [9.17, 15) is 4.79 Å². The molecule has 0 saturated heterocycles. The Morgan fingerprint density at radius 3 is 2.62 bits per heavy atom. The van der Waals surface area contributed by atoms with Crippen LogP contribution in [0.5, 0.6) is 0 Å². The number of nitrogens with zero attached hydrogens (tertiary/aromatic N) is 3. The van der Waals surface area contributed by atoms with Gasteiger partial charge in [0.25, 0.3) is 5.56 Å². The monoisotopic (exact) mass is 345 g/mol. The van der Waals surface area contributed by atoms with Gasteiger partial charge in [0.15, 0.2) is 0 Å². The van der Waals surface area contributed by atoms with Gasteiger partial charge in [-0.05, 0) is 43.9 Å². The molecule has 1 aromatic carbocycles. The van der Waals surface area contributed by atoms with Gasteiger partial charge in [0.1, 0.15) is 0 Å². The normalized spacial score (nSPS) is 11.3. The topological polar surface area (TPSA) is 77.7 Å². The molecule has 0 bridgehead atoms. The van der Waals surface area contributed by atoms with Crippen molar-refractivity contribution >= 4 is 10.9 Å². The first-order valence-electron chi connectivity index (χ1n) is 8.38. The Kier molecular flexibility index (Phi) is 4.10. The Balaban J connectivity index is 1.94. The van der Waals surface area contributed by atoms with E-state index < -0.39 is 0 Å². The largest absolute Gasteiger partial charge is 0.354 e. The zero-order valence-electron chi connectivity index (χ0n) is 14.7. The lowest BCUT2D eigenvalue weighted by atomic mass is 10.0. The molecule has 0 aliphatic rings. The van der Waals surface area contributed by atoms with Crippen LogP contribution in [-0.4, -0.2) is 39.2 Å². The fourth-order valence-corrected chi connectivity index (χ4v) is 3.17.